The van der Waals surface area contributed by atoms with E-state index < -0.39 is 57.8 Å². The molecular formula is C37H58N4O6S. The summed E-state index contributed by atoms with van der Waals surface area (Å²) >= 11 is 0. The molecule has 4 N–H and O–H groups in total. The van der Waals surface area contributed by atoms with Gasteiger partial charge in [0.2, 0.25) is 21.8 Å². The van der Waals surface area contributed by atoms with Gasteiger partial charge in [-0.25, -0.2) is 12.7 Å². The highest BCUT2D eigenvalue weighted by Gasteiger charge is 2.35. The summed E-state index contributed by atoms with van der Waals surface area (Å²) in [5.74, 6) is 2.62. The third-order valence-corrected chi connectivity index (χ3v) is 11.4. The summed E-state index contributed by atoms with van der Waals surface area (Å²) in [6.07, 6.45) is 15.6. The average Bonchev–Trinajstić information content (AvgIpc) is 3.08. The first-order valence-electron chi connectivity index (χ1n) is 17.5. The Bertz CT molecular complexity index is 1280. The van der Waals surface area contributed by atoms with Gasteiger partial charge in [-0.1, -0.05) is 76.3 Å². The van der Waals surface area contributed by atoms with Crippen LogP contribution < -0.4 is 10.6 Å². The molecular weight excluding hydrogens is 628 g/mol. The van der Waals surface area contributed by atoms with Crippen LogP contribution in [0.4, 0.5) is 0 Å². The van der Waals surface area contributed by atoms with Gasteiger partial charge in [-0.05, 0) is 50.3 Å². The van der Waals surface area contributed by atoms with Crippen LogP contribution in [0.15, 0.2) is 30.3 Å². The van der Waals surface area contributed by atoms with Gasteiger partial charge in [-0.2, -0.15) is 0 Å². The molecule has 11 heteroatoms. The van der Waals surface area contributed by atoms with Gasteiger partial charge in [-0.15, -0.1) is 24.7 Å². The van der Waals surface area contributed by atoms with Crippen LogP contribution in [0.1, 0.15) is 83.6 Å². The minimum absolute atomic E-state index is 0.136. The largest absolute Gasteiger partial charge is 0.390 e. The molecule has 268 valence electrons. The lowest BCUT2D eigenvalue weighted by Crippen LogP contribution is -2.56. The second-order valence-electron chi connectivity index (χ2n) is 13.0. The fourth-order valence-electron chi connectivity index (χ4n) is 6.29. The van der Waals surface area contributed by atoms with E-state index in [1.54, 1.807) is 0 Å². The molecule has 1 saturated carbocycles. The van der Waals surface area contributed by atoms with Crippen molar-refractivity contribution in [3.63, 3.8) is 0 Å². The van der Waals surface area contributed by atoms with Crippen molar-refractivity contribution in [3.8, 4) is 24.7 Å². The summed E-state index contributed by atoms with van der Waals surface area (Å²) in [6.45, 7) is 6.48. The number of rotatable bonds is 22. The lowest BCUT2D eigenvalue weighted by atomic mass is 9.82. The molecule has 10 nitrogen and oxygen atoms in total. The van der Waals surface area contributed by atoms with E-state index in [4.69, 9.17) is 12.8 Å². The predicted octanol–water partition coefficient (Wildman–Crippen LogP) is 2.94. The third kappa shape index (κ3) is 14.3. The van der Waals surface area contributed by atoms with Crippen LogP contribution in [0, 0.1) is 36.5 Å². The zero-order valence-corrected chi connectivity index (χ0v) is 30.0. The van der Waals surface area contributed by atoms with E-state index in [9.17, 15) is 28.2 Å². The van der Waals surface area contributed by atoms with Crippen molar-refractivity contribution in [2.75, 3.05) is 39.0 Å². The fraction of sp³-hybridized carbons (Fsp3) is 0.676. The molecule has 3 unspecified atom stereocenters. The number of hydrogen-bond donors (Lipinski definition) is 4. The monoisotopic (exact) mass is 686 g/mol. The van der Waals surface area contributed by atoms with Gasteiger partial charge in [-0.3, -0.25) is 9.59 Å². The third-order valence-electron chi connectivity index (χ3n) is 9.43. The van der Waals surface area contributed by atoms with Crippen LogP contribution in [0.3, 0.4) is 0 Å². The molecule has 2 rings (SSSR count). The number of unbranched alkanes of at least 4 members (excludes halogenated alkanes) is 1. The van der Waals surface area contributed by atoms with Gasteiger partial charge in [0.15, 0.2) is 0 Å². The van der Waals surface area contributed by atoms with E-state index in [1.807, 2.05) is 44.2 Å². The van der Waals surface area contributed by atoms with E-state index in [0.717, 1.165) is 50.8 Å². The number of benzene rings is 1. The summed E-state index contributed by atoms with van der Waals surface area (Å²) in [6, 6.07) is 7.21. The van der Waals surface area contributed by atoms with Gasteiger partial charge in [0, 0.05) is 33.0 Å². The van der Waals surface area contributed by atoms with Crippen LogP contribution in [-0.2, 0) is 26.0 Å². The lowest BCUT2D eigenvalue weighted by Gasteiger charge is -2.33. The highest BCUT2D eigenvalue weighted by molar-refractivity contribution is 7.89. The molecule has 1 fully saturated rings. The molecule has 1 aromatic rings. The predicted molar refractivity (Wildman–Crippen MR) is 191 cm³/mol. The average molecular weight is 687 g/mol. The van der Waals surface area contributed by atoms with Gasteiger partial charge in [0.05, 0.1) is 29.9 Å². The number of carbonyl (C=O) groups excluding carboxylic acids is 2. The first-order valence-corrected chi connectivity index (χ1v) is 19.1. The molecule has 1 aromatic carbocycles. The number of aliphatic hydroxyl groups excluding tert-OH is 2. The number of hydrogen-bond acceptors (Lipinski definition) is 7. The summed E-state index contributed by atoms with van der Waals surface area (Å²) in [5, 5.41) is 27.6. The number of nitrogens with zero attached hydrogens (tertiary/aromatic N) is 2. The van der Waals surface area contributed by atoms with Crippen LogP contribution >= 0.6 is 0 Å². The summed E-state index contributed by atoms with van der Waals surface area (Å²) in [5.41, 5.74) is 0.783. The molecule has 0 saturated heterocycles. The second-order valence-corrected chi connectivity index (χ2v) is 15.1. The van der Waals surface area contributed by atoms with Crippen molar-refractivity contribution in [1.29, 1.82) is 0 Å². The minimum atomic E-state index is -3.84. The maximum Gasteiger partial charge on any atom is 0.243 e. The van der Waals surface area contributed by atoms with Crippen LogP contribution in [0.5, 0.6) is 0 Å². The summed E-state index contributed by atoms with van der Waals surface area (Å²) < 4.78 is 28.3. The quantitative estimate of drug-likeness (QED) is 0.109. The van der Waals surface area contributed by atoms with Crippen molar-refractivity contribution >= 4 is 21.8 Å². The molecule has 48 heavy (non-hydrogen) atoms. The Morgan fingerprint density at radius 2 is 1.65 bits per heavy atom. The highest BCUT2D eigenvalue weighted by Crippen LogP contribution is 2.29. The van der Waals surface area contributed by atoms with Crippen molar-refractivity contribution in [3.05, 3.63) is 35.9 Å². The zero-order chi connectivity index (χ0) is 35.5. The van der Waals surface area contributed by atoms with E-state index in [2.05, 4.69) is 27.4 Å². The van der Waals surface area contributed by atoms with Crippen molar-refractivity contribution in [2.45, 2.75) is 109 Å². The van der Waals surface area contributed by atoms with Crippen LogP contribution in [0.25, 0.3) is 0 Å². The maximum absolute atomic E-state index is 13.8. The van der Waals surface area contributed by atoms with Gasteiger partial charge < -0.3 is 25.7 Å². The summed E-state index contributed by atoms with van der Waals surface area (Å²) in [7, 11) is -2.32. The first kappa shape index (κ1) is 41.2. The van der Waals surface area contributed by atoms with Crippen molar-refractivity contribution < 1.29 is 28.2 Å². The molecule has 0 heterocycles. The Morgan fingerprint density at radius 3 is 2.25 bits per heavy atom. The van der Waals surface area contributed by atoms with E-state index in [-0.39, 0.29) is 31.7 Å². The van der Waals surface area contributed by atoms with E-state index in [0.29, 0.717) is 25.8 Å². The van der Waals surface area contributed by atoms with Crippen LogP contribution in [-0.4, -0.2) is 103 Å². The number of nitrogens with one attached hydrogen (secondary N) is 2. The van der Waals surface area contributed by atoms with Crippen molar-refractivity contribution in [1.82, 2.24) is 19.8 Å². The molecule has 2 amide bonds. The Hall–Kier alpha value is -2.93. The Balaban J connectivity index is 2.26. The molecule has 0 aliphatic heterocycles. The topological polar surface area (TPSA) is 139 Å². The molecule has 1 aliphatic rings. The molecule has 0 spiro atoms. The highest BCUT2D eigenvalue weighted by atomic mass is 32.2. The molecule has 0 radical (unpaired) electrons. The maximum atomic E-state index is 13.8. The number of likely N-dealkylation sites (N-methyl/N-ethyl adjacent to an activating group) is 2. The second kappa shape index (κ2) is 21.9. The molecule has 1 aliphatic carbocycles. The molecule has 0 aromatic heterocycles. The Labute approximate surface area is 289 Å². The minimum Gasteiger partial charge on any atom is -0.390 e. The number of terminal acetylenes is 2. The number of aliphatic hydroxyl groups is 2. The molecule has 0 bridgehead atoms. The van der Waals surface area contributed by atoms with Gasteiger partial charge >= 0.3 is 0 Å². The Kier molecular flexibility index (Phi) is 18.8. The number of amides is 2. The normalized spacial score (nSPS) is 17.1. The number of sulfonamides is 1. The zero-order valence-electron chi connectivity index (χ0n) is 29.1. The molecule has 5 atom stereocenters. The van der Waals surface area contributed by atoms with Crippen molar-refractivity contribution in [2.24, 2.45) is 11.8 Å². The van der Waals surface area contributed by atoms with E-state index >= 15 is 0 Å². The lowest BCUT2D eigenvalue weighted by molar-refractivity contribution is -0.132. The van der Waals surface area contributed by atoms with E-state index in [1.165, 1.54) is 11.4 Å². The van der Waals surface area contributed by atoms with Crippen LogP contribution in [0.2, 0.25) is 0 Å². The number of carbonyl (C=O) groups is 2. The Morgan fingerprint density at radius 1 is 0.979 bits per heavy atom. The van der Waals surface area contributed by atoms with Gasteiger partial charge in [0.1, 0.15) is 6.04 Å². The summed E-state index contributed by atoms with van der Waals surface area (Å²) in [4.78, 5) is 29.7. The fourth-order valence-corrected chi connectivity index (χ4v) is 7.68. The first-order chi connectivity index (χ1) is 22.9. The standard InChI is InChI=1S/C37H58N4O6S/c1-6-10-13-23-34(42)35(43)33(27-30-21-16-12-17-22-30)39-37(45)32(18-7-2)38-36(44)31(26-29-19-14-11-15-20-29)28-48(46,47)40(5)24-25-41(8-3)9-4/h1-2,11,14-15,19-20,30-35,42-43H,8-10,12-13,16-18,21-28H2,3-5H3,(H,38,44)(H,39,45)/t31?,32-,33?,34?,35+/m0/s1. The van der Waals surface area contributed by atoms with Gasteiger partial charge in [0.25, 0.3) is 0 Å². The SMILES string of the molecule is C#CCCCC(O)[C@H](O)C(CC1CCCCC1)NC(=O)[C@H](CC#C)NC(=O)C(Cc1ccccc1)CS(=O)(=O)N(C)CCN(CC)CC. The smallest absolute Gasteiger partial charge is 0.243 e.